The summed E-state index contributed by atoms with van der Waals surface area (Å²) >= 11 is 12.7. The third-order valence-electron chi connectivity index (χ3n) is 6.27. The summed E-state index contributed by atoms with van der Waals surface area (Å²) in [5.74, 6) is -0.0497. The Hall–Kier alpha value is -3.08. The molecular formula is C26H20Cl2N2O2. The van der Waals surface area contributed by atoms with Crippen molar-refractivity contribution in [2.24, 2.45) is 0 Å². The van der Waals surface area contributed by atoms with Gasteiger partial charge in [0, 0.05) is 17.8 Å². The van der Waals surface area contributed by atoms with Crippen LogP contribution in [0.3, 0.4) is 0 Å². The summed E-state index contributed by atoms with van der Waals surface area (Å²) in [6, 6.07) is 23.3. The number of nitrogens with zero attached hydrogens (tertiary/aromatic N) is 2. The Morgan fingerprint density at radius 1 is 1.00 bits per heavy atom. The second-order valence-corrected chi connectivity index (χ2v) is 8.78. The van der Waals surface area contributed by atoms with Gasteiger partial charge in [-0.25, -0.2) is 9.78 Å². The summed E-state index contributed by atoms with van der Waals surface area (Å²) in [7, 11) is 0. The largest absolute Gasteiger partial charge is 0.465 e. The van der Waals surface area contributed by atoms with Gasteiger partial charge in [0.25, 0.3) is 0 Å². The summed E-state index contributed by atoms with van der Waals surface area (Å²) in [5.41, 5.74) is 5.19. The van der Waals surface area contributed by atoms with Gasteiger partial charge >= 0.3 is 6.09 Å². The molecule has 1 amide bonds. The van der Waals surface area contributed by atoms with E-state index in [4.69, 9.17) is 23.2 Å². The minimum atomic E-state index is -0.997. The molecule has 1 aliphatic carbocycles. The number of halogens is 2. The van der Waals surface area contributed by atoms with E-state index in [0.29, 0.717) is 22.6 Å². The van der Waals surface area contributed by atoms with Crippen LogP contribution in [0.4, 0.5) is 4.79 Å². The highest BCUT2D eigenvalue weighted by Gasteiger charge is 2.33. The lowest BCUT2D eigenvalue weighted by Crippen LogP contribution is -2.36. The van der Waals surface area contributed by atoms with Gasteiger partial charge in [0.15, 0.2) is 0 Å². The zero-order valence-corrected chi connectivity index (χ0v) is 18.8. The Labute approximate surface area is 196 Å². The third kappa shape index (κ3) is 3.40. The van der Waals surface area contributed by atoms with Crippen molar-refractivity contribution in [3.8, 4) is 11.1 Å². The maximum atomic E-state index is 12.4. The van der Waals surface area contributed by atoms with Crippen molar-refractivity contribution in [1.29, 1.82) is 0 Å². The molecule has 4 aromatic rings. The maximum Gasteiger partial charge on any atom is 0.407 e. The minimum Gasteiger partial charge on any atom is -0.465 e. The van der Waals surface area contributed by atoms with E-state index in [-0.39, 0.29) is 11.1 Å². The molecule has 6 heteroatoms. The molecule has 1 atom stereocenters. The van der Waals surface area contributed by atoms with Gasteiger partial charge in [-0.05, 0) is 46.7 Å². The monoisotopic (exact) mass is 462 g/mol. The van der Waals surface area contributed by atoms with Crippen LogP contribution in [0.1, 0.15) is 35.7 Å². The van der Waals surface area contributed by atoms with Gasteiger partial charge in [0.1, 0.15) is 5.15 Å². The van der Waals surface area contributed by atoms with Crippen molar-refractivity contribution < 1.29 is 9.90 Å². The lowest BCUT2D eigenvalue weighted by molar-refractivity contribution is 0.125. The van der Waals surface area contributed by atoms with Crippen molar-refractivity contribution in [2.45, 2.75) is 18.9 Å². The number of carboxylic acid groups (broad SMARTS) is 1. The summed E-state index contributed by atoms with van der Waals surface area (Å²) in [5, 5.41) is 12.4. The summed E-state index contributed by atoms with van der Waals surface area (Å²) < 4.78 is 0. The molecule has 1 N–H and O–H groups in total. The second-order valence-electron chi connectivity index (χ2n) is 8.01. The number of benzene rings is 3. The number of pyridine rings is 1. The number of rotatable bonds is 4. The maximum absolute atomic E-state index is 12.4. The van der Waals surface area contributed by atoms with Gasteiger partial charge in [0.05, 0.1) is 16.8 Å². The number of hydrogen-bond acceptors (Lipinski definition) is 2. The standard InChI is InChI=1S/C26H20Cl2N2O2/c1-15(23-13-16-7-6-12-22(27)24(16)25(28)29-23)30(26(31)32)14-21-19-10-4-2-8-17(19)18-9-3-5-11-20(18)21/h2-13,15,21H,14H2,1H3,(H,31,32). The Morgan fingerprint density at radius 2 is 1.62 bits per heavy atom. The molecule has 4 nitrogen and oxygen atoms in total. The number of fused-ring (bicyclic) bond motifs is 4. The van der Waals surface area contributed by atoms with E-state index < -0.39 is 12.1 Å². The van der Waals surface area contributed by atoms with E-state index >= 15 is 0 Å². The lowest BCUT2D eigenvalue weighted by atomic mass is 9.95. The minimum absolute atomic E-state index is 0.0497. The fourth-order valence-corrected chi connectivity index (χ4v) is 5.30. The topological polar surface area (TPSA) is 53.4 Å². The van der Waals surface area contributed by atoms with Crippen LogP contribution in [0.2, 0.25) is 10.2 Å². The van der Waals surface area contributed by atoms with Gasteiger partial charge in [-0.3, -0.25) is 4.90 Å². The number of amides is 1. The van der Waals surface area contributed by atoms with Gasteiger partial charge in [-0.1, -0.05) is 83.9 Å². The number of hydrogen-bond donors (Lipinski definition) is 1. The average molecular weight is 463 g/mol. The molecule has 5 rings (SSSR count). The molecule has 0 saturated heterocycles. The van der Waals surface area contributed by atoms with Crippen LogP contribution in [-0.4, -0.2) is 27.6 Å². The van der Waals surface area contributed by atoms with Crippen molar-refractivity contribution in [1.82, 2.24) is 9.88 Å². The highest BCUT2D eigenvalue weighted by atomic mass is 35.5. The van der Waals surface area contributed by atoms with Crippen molar-refractivity contribution >= 4 is 40.1 Å². The van der Waals surface area contributed by atoms with Crippen LogP contribution in [0.15, 0.2) is 72.8 Å². The first-order valence-corrected chi connectivity index (χ1v) is 11.1. The van der Waals surface area contributed by atoms with Crippen LogP contribution in [0.5, 0.6) is 0 Å². The van der Waals surface area contributed by atoms with Crippen molar-refractivity contribution in [3.63, 3.8) is 0 Å². The van der Waals surface area contributed by atoms with Crippen LogP contribution >= 0.6 is 23.2 Å². The third-order valence-corrected chi connectivity index (χ3v) is 6.85. The molecule has 0 aliphatic heterocycles. The normalized spacial score (nSPS) is 13.6. The second kappa shape index (κ2) is 8.12. The van der Waals surface area contributed by atoms with E-state index in [1.807, 2.05) is 49.4 Å². The molecule has 1 aliphatic rings. The predicted octanol–water partition coefficient (Wildman–Crippen LogP) is 7.40. The molecule has 1 unspecified atom stereocenters. The quantitative estimate of drug-likeness (QED) is 0.321. The fraction of sp³-hybridized carbons (Fsp3) is 0.154. The number of carbonyl (C=O) groups is 1. The molecule has 0 bridgehead atoms. The van der Waals surface area contributed by atoms with Gasteiger partial charge in [-0.15, -0.1) is 0 Å². The Kier molecular flexibility index (Phi) is 5.28. The zero-order valence-electron chi connectivity index (χ0n) is 17.3. The zero-order chi connectivity index (χ0) is 22.4. The highest BCUT2D eigenvalue weighted by molar-refractivity contribution is 6.41. The smallest absolute Gasteiger partial charge is 0.407 e. The first-order valence-electron chi connectivity index (χ1n) is 10.4. The van der Waals surface area contributed by atoms with Gasteiger partial charge in [0.2, 0.25) is 0 Å². The van der Waals surface area contributed by atoms with E-state index in [0.717, 1.165) is 27.6 Å². The van der Waals surface area contributed by atoms with Crippen LogP contribution in [-0.2, 0) is 0 Å². The molecule has 0 spiro atoms. The van der Waals surface area contributed by atoms with Crippen LogP contribution in [0, 0.1) is 0 Å². The Bertz CT molecular complexity index is 1310. The first-order chi connectivity index (χ1) is 15.5. The Morgan fingerprint density at radius 3 is 2.25 bits per heavy atom. The molecule has 0 fully saturated rings. The number of aromatic nitrogens is 1. The summed E-state index contributed by atoms with van der Waals surface area (Å²) in [4.78, 5) is 18.3. The van der Waals surface area contributed by atoms with E-state index in [9.17, 15) is 9.90 Å². The molecular weight excluding hydrogens is 443 g/mol. The van der Waals surface area contributed by atoms with Crippen molar-refractivity contribution in [3.05, 3.63) is 99.8 Å². The Balaban J connectivity index is 1.54. The van der Waals surface area contributed by atoms with E-state index in [2.05, 4.69) is 29.2 Å². The molecule has 3 aromatic carbocycles. The van der Waals surface area contributed by atoms with Gasteiger partial charge < -0.3 is 5.11 Å². The molecule has 160 valence electrons. The molecule has 0 saturated carbocycles. The van der Waals surface area contributed by atoms with Crippen LogP contribution in [0.25, 0.3) is 21.9 Å². The summed E-state index contributed by atoms with van der Waals surface area (Å²) in [6.45, 7) is 2.16. The van der Waals surface area contributed by atoms with Gasteiger partial charge in [-0.2, -0.15) is 0 Å². The van der Waals surface area contributed by atoms with Crippen molar-refractivity contribution in [2.75, 3.05) is 6.54 Å². The predicted molar refractivity (Wildman–Crippen MR) is 129 cm³/mol. The highest BCUT2D eigenvalue weighted by Crippen LogP contribution is 2.45. The first kappa shape index (κ1) is 20.8. The molecule has 32 heavy (non-hydrogen) atoms. The van der Waals surface area contributed by atoms with Crippen LogP contribution < -0.4 is 0 Å². The molecule has 0 radical (unpaired) electrons. The lowest BCUT2D eigenvalue weighted by Gasteiger charge is -2.29. The summed E-state index contributed by atoms with van der Waals surface area (Å²) in [6.07, 6.45) is -0.997. The fourth-order valence-electron chi connectivity index (χ4n) is 4.67. The van der Waals surface area contributed by atoms with E-state index in [1.165, 1.54) is 4.90 Å². The molecule has 1 aromatic heterocycles. The van der Waals surface area contributed by atoms with E-state index in [1.54, 1.807) is 6.07 Å². The average Bonchev–Trinajstić information content (AvgIpc) is 3.10. The SMILES string of the molecule is CC(c1cc2cccc(Cl)c2c(Cl)n1)N(CC1c2ccccc2-c2ccccc21)C(=O)O. The molecule has 1 heterocycles.